The Balaban J connectivity index is 1.28. The quantitative estimate of drug-likeness (QED) is 0.713. The van der Waals surface area contributed by atoms with Crippen molar-refractivity contribution < 1.29 is 9.53 Å². The van der Waals surface area contributed by atoms with E-state index in [0.717, 1.165) is 30.4 Å². The van der Waals surface area contributed by atoms with Gasteiger partial charge in [-0.25, -0.2) is 0 Å². The average Bonchev–Trinajstić information content (AvgIpc) is 3.24. The SMILES string of the molecule is CNC(=O)C1CN(Cc2ccc(OCc3ccc(Cl)c(C4CCCC4)c3)cc2)C1. The molecule has 0 bridgehead atoms. The number of ether oxygens (including phenoxy) is 1. The highest BCUT2D eigenvalue weighted by Crippen LogP contribution is 2.38. The molecule has 1 heterocycles. The first kappa shape index (κ1) is 20.2. The molecule has 2 aliphatic rings. The minimum atomic E-state index is 0.135. The molecular weight excluding hydrogens is 384 g/mol. The van der Waals surface area contributed by atoms with Crippen molar-refractivity contribution in [2.75, 3.05) is 20.1 Å². The third-order valence-electron chi connectivity index (χ3n) is 6.16. The van der Waals surface area contributed by atoms with Crippen LogP contribution in [-0.2, 0) is 17.9 Å². The molecule has 0 aromatic heterocycles. The van der Waals surface area contributed by atoms with Gasteiger partial charge in [0.05, 0.1) is 5.92 Å². The summed E-state index contributed by atoms with van der Waals surface area (Å²) < 4.78 is 6.00. The zero-order chi connectivity index (χ0) is 20.2. The van der Waals surface area contributed by atoms with E-state index in [2.05, 4.69) is 34.5 Å². The Morgan fingerprint density at radius 1 is 1.10 bits per heavy atom. The summed E-state index contributed by atoms with van der Waals surface area (Å²) >= 11 is 6.44. The Bertz CT molecular complexity index is 840. The minimum absolute atomic E-state index is 0.135. The predicted octanol–water partition coefficient (Wildman–Crippen LogP) is 4.75. The monoisotopic (exact) mass is 412 g/mol. The van der Waals surface area contributed by atoms with Crippen LogP contribution in [0.1, 0.15) is 48.3 Å². The van der Waals surface area contributed by atoms with E-state index in [-0.39, 0.29) is 11.8 Å². The lowest BCUT2D eigenvalue weighted by molar-refractivity contribution is -0.129. The summed E-state index contributed by atoms with van der Waals surface area (Å²) in [6.07, 6.45) is 5.09. The van der Waals surface area contributed by atoms with Gasteiger partial charge in [0.1, 0.15) is 12.4 Å². The Morgan fingerprint density at radius 3 is 2.48 bits per heavy atom. The van der Waals surface area contributed by atoms with Gasteiger partial charge in [-0.3, -0.25) is 9.69 Å². The fourth-order valence-electron chi connectivity index (χ4n) is 4.42. The second-order valence-electron chi connectivity index (χ2n) is 8.28. The number of carbonyl (C=O) groups excluding carboxylic acids is 1. The molecule has 4 nitrogen and oxygen atoms in total. The second-order valence-corrected chi connectivity index (χ2v) is 8.68. The van der Waals surface area contributed by atoms with E-state index in [1.54, 1.807) is 7.05 Å². The van der Waals surface area contributed by atoms with Crippen LogP contribution in [0, 0.1) is 5.92 Å². The van der Waals surface area contributed by atoms with E-state index < -0.39 is 0 Å². The first-order valence-electron chi connectivity index (χ1n) is 10.6. The predicted molar refractivity (Wildman–Crippen MR) is 116 cm³/mol. The summed E-state index contributed by atoms with van der Waals surface area (Å²) in [6, 6.07) is 14.6. The van der Waals surface area contributed by atoms with Crippen molar-refractivity contribution in [3.05, 3.63) is 64.2 Å². The standard InChI is InChI=1S/C24H29ClN2O2/c1-26-24(28)20-14-27(15-20)13-17-6-9-21(10-7-17)29-16-18-8-11-23(25)22(12-18)19-4-2-3-5-19/h6-12,19-20H,2-5,13-16H2,1H3,(H,26,28). The topological polar surface area (TPSA) is 41.6 Å². The molecule has 0 unspecified atom stereocenters. The molecule has 1 amide bonds. The molecule has 4 rings (SSSR count). The van der Waals surface area contributed by atoms with Gasteiger partial charge in [0.15, 0.2) is 0 Å². The highest BCUT2D eigenvalue weighted by molar-refractivity contribution is 6.31. The molecule has 154 valence electrons. The second kappa shape index (κ2) is 9.19. The van der Waals surface area contributed by atoms with Crippen LogP contribution in [0.25, 0.3) is 0 Å². The van der Waals surface area contributed by atoms with Crippen molar-refractivity contribution in [3.8, 4) is 5.75 Å². The molecule has 2 aromatic rings. The molecular formula is C24H29ClN2O2. The molecule has 2 fully saturated rings. The van der Waals surface area contributed by atoms with Crippen LogP contribution < -0.4 is 10.1 Å². The van der Waals surface area contributed by atoms with E-state index in [0.29, 0.717) is 12.5 Å². The maximum absolute atomic E-state index is 11.6. The maximum Gasteiger partial charge on any atom is 0.225 e. The number of nitrogens with one attached hydrogen (secondary N) is 1. The van der Waals surface area contributed by atoms with E-state index in [1.165, 1.54) is 42.4 Å². The molecule has 1 saturated heterocycles. The number of rotatable bonds is 7. The summed E-state index contributed by atoms with van der Waals surface area (Å²) in [5.74, 6) is 1.75. The normalized spacial score (nSPS) is 17.9. The zero-order valence-corrected chi connectivity index (χ0v) is 17.8. The number of amides is 1. The van der Waals surface area contributed by atoms with Crippen LogP contribution in [0.15, 0.2) is 42.5 Å². The van der Waals surface area contributed by atoms with E-state index in [1.807, 2.05) is 18.2 Å². The molecule has 0 spiro atoms. The molecule has 0 radical (unpaired) electrons. The molecule has 1 aliphatic heterocycles. The van der Waals surface area contributed by atoms with Crippen LogP contribution in [-0.4, -0.2) is 30.9 Å². The van der Waals surface area contributed by atoms with Crippen LogP contribution >= 0.6 is 11.6 Å². The van der Waals surface area contributed by atoms with Crippen molar-refractivity contribution in [2.45, 2.75) is 44.8 Å². The summed E-state index contributed by atoms with van der Waals surface area (Å²) in [6.45, 7) is 3.08. The summed E-state index contributed by atoms with van der Waals surface area (Å²) in [5.41, 5.74) is 3.69. The van der Waals surface area contributed by atoms with E-state index >= 15 is 0 Å². The Labute approximate surface area is 178 Å². The smallest absolute Gasteiger partial charge is 0.225 e. The lowest BCUT2D eigenvalue weighted by Crippen LogP contribution is -2.52. The molecule has 1 aliphatic carbocycles. The summed E-state index contributed by atoms with van der Waals surface area (Å²) in [4.78, 5) is 13.9. The third kappa shape index (κ3) is 4.93. The third-order valence-corrected chi connectivity index (χ3v) is 6.51. The highest BCUT2D eigenvalue weighted by Gasteiger charge is 2.31. The number of likely N-dealkylation sites (tertiary alicyclic amines) is 1. The Morgan fingerprint density at radius 2 is 1.79 bits per heavy atom. The van der Waals surface area contributed by atoms with Crippen molar-refractivity contribution in [1.29, 1.82) is 0 Å². The van der Waals surface area contributed by atoms with Gasteiger partial charge in [-0.15, -0.1) is 0 Å². The molecule has 5 heteroatoms. The van der Waals surface area contributed by atoms with Gasteiger partial charge in [0, 0.05) is 31.7 Å². The first-order chi connectivity index (χ1) is 14.1. The molecule has 0 atom stereocenters. The number of carbonyl (C=O) groups is 1. The Hall–Kier alpha value is -2.04. The van der Waals surface area contributed by atoms with Crippen molar-refractivity contribution in [2.24, 2.45) is 5.92 Å². The van der Waals surface area contributed by atoms with Gasteiger partial charge in [0.25, 0.3) is 0 Å². The maximum atomic E-state index is 11.6. The van der Waals surface area contributed by atoms with E-state index in [4.69, 9.17) is 16.3 Å². The summed E-state index contributed by atoms with van der Waals surface area (Å²) in [5, 5.41) is 3.60. The minimum Gasteiger partial charge on any atom is -0.489 e. The molecule has 2 aromatic carbocycles. The number of halogens is 1. The zero-order valence-electron chi connectivity index (χ0n) is 17.0. The van der Waals surface area contributed by atoms with Crippen LogP contribution in [0.3, 0.4) is 0 Å². The first-order valence-corrected chi connectivity index (χ1v) is 10.9. The fraction of sp³-hybridized carbons (Fsp3) is 0.458. The number of hydrogen-bond donors (Lipinski definition) is 1. The van der Waals surface area contributed by atoms with Crippen molar-refractivity contribution >= 4 is 17.5 Å². The lowest BCUT2D eigenvalue weighted by atomic mass is 9.96. The number of hydrogen-bond acceptors (Lipinski definition) is 3. The van der Waals surface area contributed by atoms with Gasteiger partial charge < -0.3 is 10.1 Å². The van der Waals surface area contributed by atoms with Crippen LogP contribution in [0.5, 0.6) is 5.75 Å². The van der Waals surface area contributed by atoms with Gasteiger partial charge in [-0.05, 0) is 53.6 Å². The highest BCUT2D eigenvalue weighted by atomic mass is 35.5. The van der Waals surface area contributed by atoms with Gasteiger partial charge in [-0.2, -0.15) is 0 Å². The number of nitrogens with zero attached hydrogens (tertiary/aromatic N) is 1. The molecule has 29 heavy (non-hydrogen) atoms. The molecule has 1 saturated carbocycles. The lowest BCUT2D eigenvalue weighted by Gasteiger charge is -2.38. The molecule has 1 N–H and O–H groups in total. The van der Waals surface area contributed by atoms with E-state index in [9.17, 15) is 4.79 Å². The number of benzene rings is 2. The van der Waals surface area contributed by atoms with Gasteiger partial charge >= 0.3 is 0 Å². The summed E-state index contributed by atoms with van der Waals surface area (Å²) in [7, 11) is 1.70. The Kier molecular flexibility index (Phi) is 6.41. The van der Waals surface area contributed by atoms with Gasteiger partial charge in [-0.1, -0.05) is 48.7 Å². The largest absolute Gasteiger partial charge is 0.489 e. The fourth-order valence-corrected chi connectivity index (χ4v) is 4.69. The van der Waals surface area contributed by atoms with Crippen LogP contribution in [0.2, 0.25) is 5.02 Å². The van der Waals surface area contributed by atoms with Crippen LogP contribution in [0.4, 0.5) is 0 Å². The van der Waals surface area contributed by atoms with Crippen molar-refractivity contribution in [3.63, 3.8) is 0 Å². The average molecular weight is 413 g/mol. The van der Waals surface area contributed by atoms with Crippen molar-refractivity contribution in [1.82, 2.24) is 10.2 Å². The van der Waals surface area contributed by atoms with Gasteiger partial charge in [0.2, 0.25) is 5.91 Å².